The Morgan fingerprint density at radius 2 is 1.62 bits per heavy atom. The second-order valence-corrected chi connectivity index (χ2v) is 5.40. The topological polar surface area (TPSA) is 41.7 Å². The molecule has 3 aliphatic rings. The molecule has 92 valence electrons. The van der Waals surface area contributed by atoms with Crippen LogP contribution in [0.1, 0.15) is 19.3 Å². The van der Waals surface area contributed by atoms with Crippen LogP contribution in [0.3, 0.4) is 0 Å². The van der Waals surface area contributed by atoms with Crippen LogP contribution in [0.25, 0.3) is 0 Å². The zero-order chi connectivity index (χ0) is 11.0. The second-order valence-electron chi connectivity index (χ2n) is 5.40. The molecule has 0 aromatic carbocycles. The van der Waals surface area contributed by atoms with Gasteiger partial charge in [0.25, 0.3) is 0 Å². The zero-order valence-electron chi connectivity index (χ0n) is 9.98. The molecule has 0 bridgehead atoms. The van der Waals surface area contributed by atoms with Crippen LogP contribution in [-0.4, -0.2) is 67.3 Å². The molecule has 0 amide bonds. The first kappa shape index (κ1) is 11.0. The van der Waals surface area contributed by atoms with Crippen LogP contribution < -0.4 is 5.73 Å². The molecule has 4 nitrogen and oxygen atoms in total. The van der Waals surface area contributed by atoms with Gasteiger partial charge in [0, 0.05) is 50.9 Å². The number of rotatable bonds is 2. The Labute approximate surface area is 97.7 Å². The third-order valence-electron chi connectivity index (χ3n) is 4.26. The van der Waals surface area contributed by atoms with Crippen LogP contribution in [0.15, 0.2) is 0 Å². The fraction of sp³-hybridized carbons (Fsp3) is 1.00. The summed E-state index contributed by atoms with van der Waals surface area (Å²) in [5.41, 5.74) is 6.18. The number of hydrogen-bond donors (Lipinski definition) is 1. The van der Waals surface area contributed by atoms with Gasteiger partial charge in [-0.25, -0.2) is 0 Å². The van der Waals surface area contributed by atoms with Crippen molar-refractivity contribution in [3.8, 4) is 0 Å². The first-order chi connectivity index (χ1) is 7.84. The third kappa shape index (κ3) is 2.25. The predicted molar refractivity (Wildman–Crippen MR) is 63.4 cm³/mol. The van der Waals surface area contributed by atoms with Crippen molar-refractivity contribution in [2.45, 2.75) is 37.4 Å². The summed E-state index contributed by atoms with van der Waals surface area (Å²) in [5, 5.41) is 0. The van der Waals surface area contributed by atoms with E-state index in [1.165, 1.54) is 39.0 Å². The molecule has 2 aliphatic heterocycles. The summed E-state index contributed by atoms with van der Waals surface area (Å²) in [6, 6.07) is 1.70. The largest absolute Gasteiger partial charge is 0.380 e. The predicted octanol–water partition coefficient (Wildman–Crippen LogP) is -0.117. The minimum absolute atomic E-state index is 0.321. The molecular formula is C12H23N3O. The van der Waals surface area contributed by atoms with E-state index in [1.54, 1.807) is 0 Å². The molecular weight excluding hydrogens is 202 g/mol. The Morgan fingerprint density at radius 1 is 0.938 bits per heavy atom. The molecule has 1 saturated carbocycles. The highest BCUT2D eigenvalue weighted by atomic mass is 16.5. The average Bonchev–Trinajstić information content (AvgIpc) is 3.14. The van der Waals surface area contributed by atoms with E-state index < -0.39 is 0 Å². The van der Waals surface area contributed by atoms with Gasteiger partial charge in [0.05, 0.1) is 6.61 Å². The van der Waals surface area contributed by atoms with E-state index in [4.69, 9.17) is 10.5 Å². The highest BCUT2D eigenvalue weighted by Crippen LogP contribution is 2.28. The minimum Gasteiger partial charge on any atom is -0.380 e. The highest BCUT2D eigenvalue weighted by molar-refractivity contribution is 4.91. The third-order valence-corrected chi connectivity index (χ3v) is 4.26. The fourth-order valence-electron chi connectivity index (χ4n) is 2.99. The van der Waals surface area contributed by atoms with Crippen LogP contribution in [0.5, 0.6) is 0 Å². The fourth-order valence-corrected chi connectivity index (χ4v) is 2.99. The van der Waals surface area contributed by atoms with Crippen LogP contribution in [0.4, 0.5) is 0 Å². The normalized spacial score (nSPS) is 38.8. The molecule has 0 spiro atoms. The molecule has 2 unspecified atom stereocenters. The maximum atomic E-state index is 6.18. The molecule has 0 aromatic rings. The van der Waals surface area contributed by atoms with Crippen molar-refractivity contribution in [3.05, 3.63) is 0 Å². The molecule has 2 heterocycles. The smallest absolute Gasteiger partial charge is 0.0636 e. The summed E-state index contributed by atoms with van der Waals surface area (Å²) in [4.78, 5) is 5.19. The van der Waals surface area contributed by atoms with Gasteiger partial charge in [0.2, 0.25) is 0 Å². The standard InChI is InChI=1S/C12H23N3O/c13-11-3-8-16-9-12(11)15-6-4-14(5-7-15)10-1-2-10/h10-12H,1-9,13H2. The molecule has 2 atom stereocenters. The van der Waals surface area contributed by atoms with E-state index in [1.807, 2.05) is 0 Å². The quantitative estimate of drug-likeness (QED) is 0.711. The lowest BCUT2D eigenvalue weighted by Gasteiger charge is -2.43. The number of nitrogens with two attached hydrogens (primary N) is 1. The average molecular weight is 225 g/mol. The molecule has 4 heteroatoms. The Morgan fingerprint density at radius 3 is 2.25 bits per heavy atom. The molecule has 16 heavy (non-hydrogen) atoms. The summed E-state index contributed by atoms with van der Waals surface area (Å²) < 4.78 is 5.56. The molecule has 3 rings (SSSR count). The van der Waals surface area contributed by atoms with Gasteiger partial charge in [-0.2, -0.15) is 0 Å². The number of piperazine rings is 1. The van der Waals surface area contributed by atoms with E-state index in [-0.39, 0.29) is 0 Å². The molecule has 1 aliphatic carbocycles. The van der Waals surface area contributed by atoms with Gasteiger partial charge in [-0.3, -0.25) is 9.80 Å². The highest BCUT2D eigenvalue weighted by Gasteiger charge is 2.35. The van der Waals surface area contributed by atoms with Gasteiger partial charge in [0.1, 0.15) is 0 Å². The molecule has 0 radical (unpaired) electrons. The van der Waals surface area contributed by atoms with Crippen molar-refractivity contribution in [1.29, 1.82) is 0 Å². The molecule has 3 fully saturated rings. The first-order valence-electron chi connectivity index (χ1n) is 6.66. The lowest BCUT2D eigenvalue weighted by molar-refractivity contribution is -0.0131. The summed E-state index contributed by atoms with van der Waals surface area (Å²) in [6.45, 7) is 6.50. The maximum absolute atomic E-state index is 6.18. The van der Waals surface area contributed by atoms with Crippen LogP contribution in [0, 0.1) is 0 Å². The first-order valence-corrected chi connectivity index (χ1v) is 6.66. The van der Waals surface area contributed by atoms with Gasteiger partial charge >= 0.3 is 0 Å². The van der Waals surface area contributed by atoms with Gasteiger partial charge in [-0.15, -0.1) is 0 Å². The monoisotopic (exact) mass is 225 g/mol. The Bertz CT molecular complexity index is 236. The summed E-state index contributed by atoms with van der Waals surface area (Å²) in [6.07, 6.45) is 3.87. The zero-order valence-corrected chi connectivity index (χ0v) is 9.98. The van der Waals surface area contributed by atoms with Crippen LogP contribution >= 0.6 is 0 Å². The van der Waals surface area contributed by atoms with Gasteiger partial charge in [-0.1, -0.05) is 0 Å². The van der Waals surface area contributed by atoms with E-state index in [0.717, 1.165) is 25.7 Å². The maximum Gasteiger partial charge on any atom is 0.0636 e. The van der Waals surface area contributed by atoms with Gasteiger partial charge < -0.3 is 10.5 Å². The molecule has 2 saturated heterocycles. The van der Waals surface area contributed by atoms with E-state index in [2.05, 4.69) is 9.80 Å². The Hall–Kier alpha value is -0.160. The van der Waals surface area contributed by atoms with E-state index in [9.17, 15) is 0 Å². The van der Waals surface area contributed by atoms with Gasteiger partial charge in [0.15, 0.2) is 0 Å². The minimum atomic E-state index is 0.321. The van der Waals surface area contributed by atoms with Crippen LogP contribution in [0.2, 0.25) is 0 Å². The van der Waals surface area contributed by atoms with Crippen molar-refractivity contribution in [1.82, 2.24) is 9.80 Å². The molecule has 2 N–H and O–H groups in total. The Kier molecular flexibility index (Phi) is 3.16. The van der Waals surface area contributed by atoms with Crippen LogP contribution in [-0.2, 0) is 4.74 Å². The van der Waals surface area contributed by atoms with Crippen molar-refractivity contribution in [2.24, 2.45) is 5.73 Å². The van der Waals surface area contributed by atoms with Gasteiger partial charge in [-0.05, 0) is 19.3 Å². The van der Waals surface area contributed by atoms with Crippen molar-refractivity contribution in [2.75, 3.05) is 39.4 Å². The van der Waals surface area contributed by atoms with E-state index in [0.29, 0.717) is 12.1 Å². The number of hydrogen-bond acceptors (Lipinski definition) is 4. The Balaban J connectivity index is 1.51. The van der Waals surface area contributed by atoms with Crippen molar-refractivity contribution >= 4 is 0 Å². The van der Waals surface area contributed by atoms with Crippen molar-refractivity contribution < 1.29 is 4.74 Å². The molecule has 0 aromatic heterocycles. The summed E-state index contributed by atoms with van der Waals surface area (Å²) in [7, 11) is 0. The SMILES string of the molecule is NC1CCOCC1N1CCN(C2CC2)CC1. The lowest BCUT2D eigenvalue weighted by Crippen LogP contribution is -2.59. The number of nitrogens with zero attached hydrogens (tertiary/aromatic N) is 2. The van der Waals surface area contributed by atoms with E-state index >= 15 is 0 Å². The lowest BCUT2D eigenvalue weighted by atomic mass is 10.0. The summed E-state index contributed by atoms with van der Waals surface area (Å²) in [5.74, 6) is 0. The number of ether oxygens (including phenoxy) is 1. The summed E-state index contributed by atoms with van der Waals surface area (Å²) >= 11 is 0. The second kappa shape index (κ2) is 4.61. The van der Waals surface area contributed by atoms with Crippen molar-refractivity contribution in [3.63, 3.8) is 0 Å².